The van der Waals surface area contributed by atoms with Crippen LogP contribution in [0.5, 0.6) is 0 Å². The zero-order valence-electron chi connectivity index (χ0n) is 11.1. The van der Waals surface area contributed by atoms with Gasteiger partial charge in [0.05, 0.1) is 0 Å². The van der Waals surface area contributed by atoms with Crippen molar-refractivity contribution >= 4 is 0 Å². The maximum absolute atomic E-state index is 5.49. The van der Waals surface area contributed by atoms with Crippen LogP contribution in [0.2, 0.25) is 0 Å². The normalized spacial score (nSPS) is 35.8. The second kappa shape index (κ2) is 4.87. The zero-order valence-corrected chi connectivity index (χ0v) is 11.1. The van der Waals surface area contributed by atoms with E-state index < -0.39 is 0 Å². The molecular formula is C14H26N2O. The van der Waals surface area contributed by atoms with E-state index in [0.29, 0.717) is 5.41 Å². The van der Waals surface area contributed by atoms with Crippen molar-refractivity contribution in [3.8, 4) is 0 Å². The first kappa shape index (κ1) is 11.9. The molecule has 2 aliphatic heterocycles. The molecule has 98 valence electrons. The maximum atomic E-state index is 5.49. The fourth-order valence-corrected chi connectivity index (χ4v) is 3.76. The van der Waals surface area contributed by atoms with E-state index in [1.54, 1.807) is 0 Å². The van der Waals surface area contributed by atoms with Gasteiger partial charge in [0, 0.05) is 44.8 Å². The van der Waals surface area contributed by atoms with Gasteiger partial charge in [-0.3, -0.25) is 0 Å². The number of likely N-dealkylation sites (tertiary alicyclic amines) is 1. The molecule has 1 aliphatic carbocycles. The lowest BCUT2D eigenvalue weighted by Gasteiger charge is -2.41. The maximum Gasteiger partial charge on any atom is 0.0494 e. The summed E-state index contributed by atoms with van der Waals surface area (Å²) in [4.78, 5) is 2.71. The lowest BCUT2D eigenvalue weighted by molar-refractivity contribution is 0.0365. The van der Waals surface area contributed by atoms with Gasteiger partial charge in [-0.25, -0.2) is 0 Å². The van der Waals surface area contributed by atoms with Crippen molar-refractivity contribution in [2.75, 3.05) is 45.9 Å². The van der Waals surface area contributed by atoms with Gasteiger partial charge in [0.25, 0.3) is 0 Å². The summed E-state index contributed by atoms with van der Waals surface area (Å²) in [5.41, 5.74) is 0.675. The van der Waals surface area contributed by atoms with E-state index in [9.17, 15) is 0 Å². The van der Waals surface area contributed by atoms with Crippen LogP contribution in [0.15, 0.2) is 0 Å². The van der Waals surface area contributed by atoms with E-state index in [0.717, 1.165) is 25.0 Å². The van der Waals surface area contributed by atoms with Crippen molar-refractivity contribution in [2.24, 2.45) is 17.3 Å². The quantitative estimate of drug-likeness (QED) is 0.782. The summed E-state index contributed by atoms with van der Waals surface area (Å²) in [5, 5.41) is 3.43. The summed E-state index contributed by atoms with van der Waals surface area (Å²) in [6.07, 6.45) is 4.23. The molecule has 0 aromatic carbocycles. The molecule has 2 heterocycles. The second-order valence-corrected chi connectivity index (χ2v) is 6.45. The summed E-state index contributed by atoms with van der Waals surface area (Å²) < 4.78 is 5.49. The van der Waals surface area contributed by atoms with Crippen LogP contribution >= 0.6 is 0 Å². The number of nitrogens with zero attached hydrogens (tertiary/aromatic N) is 1. The summed E-state index contributed by atoms with van der Waals surface area (Å²) >= 11 is 0. The number of nitrogens with one attached hydrogen (secondary N) is 1. The predicted octanol–water partition coefficient (Wildman–Crippen LogP) is 1.34. The number of hydrogen-bond donors (Lipinski definition) is 1. The van der Waals surface area contributed by atoms with E-state index in [2.05, 4.69) is 17.1 Å². The van der Waals surface area contributed by atoms with E-state index in [1.165, 1.54) is 52.0 Å². The van der Waals surface area contributed by atoms with E-state index in [-0.39, 0.29) is 0 Å². The van der Waals surface area contributed by atoms with Crippen LogP contribution in [0, 0.1) is 17.3 Å². The van der Waals surface area contributed by atoms with Gasteiger partial charge in [0.1, 0.15) is 0 Å². The lowest BCUT2D eigenvalue weighted by Crippen LogP contribution is -2.55. The third-order valence-electron chi connectivity index (χ3n) is 4.92. The Balaban J connectivity index is 1.33. The molecule has 2 saturated heterocycles. The fraction of sp³-hybridized carbons (Fsp3) is 1.00. The Bertz CT molecular complexity index is 259. The minimum absolute atomic E-state index is 0.675. The van der Waals surface area contributed by atoms with Gasteiger partial charge in [-0.2, -0.15) is 0 Å². The highest BCUT2D eigenvalue weighted by Crippen LogP contribution is 2.38. The molecule has 0 aromatic rings. The third kappa shape index (κ3) is 2.51. The van der Waals surface area contributed by atoms with Gasteiger partial charge in [-0.05, 0) is 44.6 Å². The Hall–Kier alpha value is -0.120. The molecule has 0 amide bonds. The van der Waals surface area contributed by atoms with Crippen LogP contribution in [0.3, 0.4) is 0 Å². The van der Waals surface area contributed by atoms with E-state index >= 15 is 0 Å². The van der Waals surface area contributed by atoms with Gasteiger partial charge < -0.3 is 15.0 Å². The Morgan fingerprint density at radius 2 is 2.12 bits per heavy atom. The van der Waals surface area contributed by atoms with Crippen LogP contribution in [-0.4, -0.2) is 50.8 Å². The molecule has 1 saturated carbocycles. The van der Waals surface area contributed by atoms with Gasteiger partial charge in [-0.15, -0.1) is 0 Å². The average Bonchev–Trinajstić information content (AvgIpc) is 2.65. The molecule has 0 bridgehead atoms. The molecule has 0 radical (unpaired) electrons. The molecule has 0 aromatic heterocycles. The third-order valence-corrected chi connectivity index (χ3v) is 4.92. The minimum Gasteiger partial charge on any atom is -0.381 e. The van der Waals surface area contributed by atoms with Crippen LogP contribution < -0.4 is 5.32 Å². The Morgan fingerprint density at radius 3 is 2.71 bits per heavy atom. The highest BCUT2D eigenvalue weighted by molar-refractivity contribution is 5.00. The topological polar surface area (TPSA) is 24.5 Å². The molecule has 3 nitrogen and oxygen atoms in total. The molecule has 3 rings (SSSR count). The van der Waals surface area contributed by atoms with Crippen LogP contribution in [0.4, 0.5) is 0 Å². The number of rotatable bonds is 5. The van der Waals surface area contributed by atoms with Gasteiger partial charge in [-0.1, -0.05) is 0 Å². The molecule has 1 spiro atoms. The van der Waals surface area contributed by atoms with Crippen LogP contribution in [0.1, 0.15) is 26.2 Å². The average molecular weight is 238 g/mol. The van der Waals surface area contributed by atoms with Crippen molar-refractivity contribution in [1.82, 2.24) is 10.2 Å². The van der Waals surface area contributed by atoms with Gasteiger partial charge >= 0.3 is 0 Å². The Labute approximate surface area is 105 Å². The largest absolute Gasteiger partial charge is 0.381 e. The monoisotopic (exact) mass is 238 g/mol. The molecule has 0 unspecified atom stereocenters. The highest BCUT2D eigenvalue weighted by atomic mass is 16.5. The Kier molecular flexibility index (Phi) is 3.42. The van der Waals surface area contributed by atoms with Crippen molar-refractivity contribution in [2.45, 2.75) is 26.2 Å². The molecular weight excluding hydrogens is 212 g/mol. The van der Waals surface area contributed by atoms with Crippen molar-refractivity contribution in [3.05, 3.63) is 0 Å². The summed E-state index contributed by atoms with van der Waals surface area (Å²) in [5.74, 6) is 1.82. The van der Waals surface area contributed by atoms with Crippen LogP contribution in [0.25, 0.3) is 0 Å². The molecule has 3 fully saturated rings. The summed E-state index contributed by atoms with van der Waals surface area (Å²) in [6.45, 7) is 10.5. The minimum atomic E-state index is 0.675. The first-order chi connectivity index (χ1) is 8.30. The number of hydrogen-bond acceptors (Lipinski definition) is 3. The lowest BCUT2D eigenvalue weighted by atomic mass is 9.75. The first-order valence-electron chi connectivity index (χ1n) is 7.30. The van der Waals surface area contributed by atoms with Gasteiger partial charge in [0.2, 0.25) is 0 Å². The second-order valence-electron chi connectivity index (χ2n) is 6.45. The number of ether oxygens (including phenoxy) is 1. The van der Waals surface area contributed by atoms with E-state index in [4.69, 9.17) is 4.74 Å². The smallest absolute Gasteiger partial charge is 0.0494 e. The van der Waals surface area contributed by atoms with E-state index in [1.807, 2.05) is 0 Å². The van der Waals surface area contributed by atoms with Crippen molar-refractivity contribution < 1.29 is 4.74 Å². The molecule has 0 atom stereocenters. The van der Waals surface area contributed by atoms with Crippen molar-refractivity contribution in [1.29, 1.82) is 0 Å². The predicted molar refractivity (Wildman–Crippen MR) is 69.1 cm³/mol. The van der Waals surface area contributed by atoms with Crippen LogP contribution in [-0.2, 0) is 4.74 Å². The zero-order chi connectivity index (χ0) is 11.7. The highest BCUT2D eigenvalue weighted by Gasteiger charge is 2.43. The van der Waals surface area contributed by atoms with Gasteiger partial charge in [0.15, 0.2) is 0 Å². The summed E-state index contributed by atoms with van der Waals surface area (Å²) in [6, 6.07) is 0. The fourth-order valence-electron chi connectivity index (χ4n) is 3.76. The SMILES string of the molecule is CCOCC1CC(CN2CCC3(CNC3)C2)C1. The molecule has 3 aliphatic rings. The standard InChI is InChI=1S/C14H26N2O/c1-2-17-8-13-5-12(6-13)7-16-4-3-14(11-16)9-15-10-14/h12-13,15H,2-11H2,1H3. The molecule has 17 heavy (non-hydrogen) atoms. The Morgan fingerprint density at radius 1 is 1.29 bits per heavy atom. The van der Waals surface area contributed by atoms with Crippen molar-refractivity contribution in [3.63, 3.8) is 0 Å². The summed E-state index contributed by atoms with van der Waals surface area (Å²) in [7, 11) is 0. The first-order valence-corrected chi connectivity index (χ1v) is 7.30. The molecule has 3 heteroatoms. The molecule has 1 N–H and O–H groups in total.